The van der Waals surface area contributed by atoms with Crippen LogP contribution in [0.5, 0.6) is 0 Å². The number of hydrogen-bond acceptors (Lipinski definition) is 4. The molecule has 4 nitrogen and oxygen atoms in total. The van der Waals surface area contributed by atoms with E-state index in [4.69, 9.17) is 23.1 Å². The van der Waals surface area contributed by atoms with Gasteiger partial charge in [0, 0.05) is 5.56 Å². The van der Waals surface area contributed by atoms with E-state index < -0.39 is 0 Å². The highest BCUT2D eigenvalue weighted by atomic mass is 35.5. The van der Waals surface area contributed by atoms with Gasteiger partial charge in [-0.05, 0) is 0 Å². The van der Waals surface area contributed by atoms with E-state index in [-0.39, 0.29) is 16.7 Å². The monoisotopic (exact) mass is 220 g/mol. The Labute approximate surface area is 91.9 Å². The molecule has 0 fully saturated rings. The Morgan fingerprint density at radius 3 is 2.27 bits per heavy atom. The summed E-state index contributed by atoms with van der Waals surface area (Å²) in [5, 5.41) is 0.182. The first-order chi connectivity index (χ1) is 7.18. The molecule has 15 heavy (non-hydrogen) atoms. The van der Waals surface area contributed by atoms with Crippen LogP contribution in [0, 0.1) is 0 Å². The lowest BCUT2D eigenvalue weighted by molar-refractivity contribution is 1.19. The van der Waals surface area contributed by atoms with Gasteiger partial charge in [0.1, 0.15) is 5.69 Å². The fourth-order valence-electron chi connectivity index (χ4n) is 1.17. The topological polar surface area (TPSA) is 77.8 Å². The summed E-state index contributed by atoms with van der Waals surface area (Å²) in [5.74, 6) is 0.682. The maximum Gasteiger partial charge on any atom is 0.163 e. The maximum absolute atomic E-state index is 5.81. The minimum Gasteiger partial charge on any atom is -0.393 e. The fourth-order valence-corrected chi connectivity index (χ4v) is 1.35. The summed E-state index contributed by atoms with van der Waals surface area (Å²) in [5.41, 5.74) is 12.2. The van der Waals surface area contributed by atoms with Gasteiger partial charge in [-0.15, -0.1) is 0 Å². The molecule has 5 heteroatoms. The molecule has 0 radical (unpaired) electrons. The van der Waals surface area contributed by atoms with Gasteiger partial charge in [-0.25, -0.2) is 9.97 Å². The summed E-state index contributed by atoms with van der Waals surface area (Å²) in [7, 11) is 0. The number of rotatable bonds is 1. The second-order valence-electron chi connectivity index (χ2n) is 3.00. The molecule has 0 saturated carbocycles. The number of halogens is 1. The quantitative estimate of drug-likeness (QED) is 0.721. The van der Waals surface area contributed by atoms with Crippen molar-refractivity contribution in [3.63, 3.8) is 0 Å². The number of nitrogens with zero attached hydrogens (tertiary/aromatic N) is 2. The number of aromatic nitrogens is 2. The van der Waals surface area contributed by atoms with Gasteiger partial charge in [0.05, 0.1) is 0 Å². The minimum absolute atomic E-state index is 0.182. The smallest absolute Gasteiger partial charge is 0.163 e. The Bertz CT molecular complexity index is 461. The van der Waals surface area contributed by atoms with Gasteiger partial charge in [0.15, 0.2) is 16.8 Å². The molecular weight excluding hydrogens is 212 g/mol. The van der Waals surface area contributed by atoms with Crippen molar-refractivity contribution in [2.75, 3.05) is 11.5 Å². The Balaban J connectivity index is 2.56. The lowest BCUT2D eigenvalue weighted by Gasteiger charge is -2.04. The Kier molecular flexibility index (Phi) is 2.43. The summed E-state index contributed by atoms with van der Waals surface area (Å²) in [6.45, 7) is 0. The first-order valence-electron chi connectivity index (χ1n) is 4.32. The third-order valence-corrected chi connectivity index (χ3v) is 2.25. The van der Waals surface area contributed by atoms with Gasteiger partial charge in [0.2, 0.25) is 0 Å². The van der Waals surface area contributed by atoms with Gasteiger partial charge in [-0.1, -0.05) is 41.9 Å². The van der Waals surface area contributed by atoms with Crippen molar-refractivity contribution in [2.45, 2.75) is 0 Å². The number of nitrogen functional groups attached to an aromatic ring is 2. The molecule has 0 spiro atoms. The molecule has 0 bridgehead atoms. The van der Waals surface area contributed by atoms with E-state index >= 15 is 0 Å². The van der Waals surface area contributed by atoms with Crippen molar-refractivity contribution in [3.8, 4) is 11.4 Å². The fraction of sp³-hybridized carbons (Fsp3) is 0. The van der Waals surface area contributed by atoms with E-state index in [9.17, 15) is 0 Å². The number of benzene rings is 1. The van der Waals surface area contributed by atoms with Gasteiger partial charge >= 0.3 is 0 Å². The van der Waals surface area contributed by atoms with Crippen LogP contribution in [0.2, 0.25) is 5.15 Å². The first-order valence-corrected chi connectivity index (χ1v) is 4.70. The Morgan fingerprint density at radius 1 is 1.00 bits per heavy atom. The second kappa shape index (κ2) is 3.74. The predicted molar refractivity (Wildman–Crippen MR) is 61.3 cm³/mol. The highest BCUT2D eigenvalue weighted by Gasteiger charge is 2.08. The summed E-state index contributed by atoms with van der Waals surface area (Å²) in [6.07, 6.45) is 0. The molecule has 4 N–H and O–H groups in total. The van der Waals surface area contributed by atoms with Crippen molar-refractivity contribution in [1.82, 2.24) is 9.97 Å². The standard InChI is InChI=1S/C10H9ClN4/c11-8-7(12)9(13)15-10(14-8)6-4-2-1-3-5-6/h1-5H,12H2,(H2,13,14,15). The van der Waals surface area contributed by atoms with Crippen LogP contribution in [0.15, 0.2) is 30.3 Å². The Hall–Kier alpha value is -1.81. The van der Waals surface area contributed by atoms with Crippen LogP contribution in [0.4, 0.5) is 11.5 Å². The normalized spacial score (nSPS) is 10.2. The molecule has 0 unspecified atom stereocenters. The zero-order valence-electron chi connectivity index (χ0n) is 7.81. The largest absolute Gasteiger partial charge is 0.393 e. The van der Waals surface area contributed by atoms with Crippen LogP contribution in [-0.2, 0) is 0 Å². The van der Waals surface area contributed by atoms with Crippen molar-refractivity contribution < 1.29 is 0 Å². The van der Waals surface area contributed by atoms with Crippen molar-refractivity contribution in [1.29, 1.82) is 0 Å². The average molecular weight is 221 g/mol. The van der Waals surface area contributed by atoms with Crippen molar-refractivity contribution in [2.24, 2.45) is 0 Å². The van der Waals surface area contributed by atoms with Crippen molar-refractivity contribution in [3.05, 3.63) is 35.5 Å². The molecule has 0 aliphatic carbocycles. The first kappa shape index (κ1) is 9.73. The summed E-state index contributed by atoms with van der Waals surface area (Å²) in [6, 6.07) is 9.44. The third kappa shape index (κ3) is 1.85. The molecule has 2 aromatic rings. The molecule has 1 aromatic carbocycles. The lowest BCUT2D eigenvalue weighted by Crippen LogP contribution is -2.02. The van der Waals surface area contributed by atoms with E-state index in [2.05, 4.69) is 9.97 Å². The summed E-state index contributed by atoms with van der Waals surface area (Å²) >= 11 is 5.81. The zero-order valence-corrected chi connectivity index (χ0v) is 8.57. The highest BCUT2D eigenvalue weighted by Crippen LogP contribution is 2.25. The van der Waals surface area contributed by atoms with Gasteiger partial charge < -0.3 is 11.5 Å². The maximum atomic E-state index is 5.81. The van der Waals surface area contributed by atoms with Gasteiger partial charge in [-0.2, -0.15) is 0 Å². The molecule has 0 aliphatic rings. The second-order valence-corrected chi connectivity index (χ2v) is 3.36. The van der Waals surface area contributed by atoms with E-state index in [1.165, 1.54) is 0 Å². The van der Waals surface area contributed by atoms with Crippen molar-refractivity contribution >= 4 is 23.1 Å². The van der Waals surface area contributed by atoms with Crippen LogP contribution in [0.25, 0.3) is 11.4 Å². The van der Waals surface area contributed by atoms with E-state index in [1.54, 1.807) is 0 Å². The Morgan fingerprint density at radius 2 is 1.67 bits per heavy atom. The molecule has 2 rings (SSSR count). The highest BCUT2D eigenvalue weighted by molar-refractivity contribution is 6.32. The lowest BCUT2D eigenvalue weighted by atomic mass is 10.2. The number of hydrogen-bond donors (Lipinski definition) is 2. The number of anilines is 2. The third-order valence-electron chi connectivity index (χ3n) is 1.96. The zero-order chi connectivity index (χ0) is 10.8. The molecule has 1 heterocycles. The van der Waals surface area contributed by atoms with Crippen LogP contribution in [-0.4, -0.2) is 9.97 Å². The molecule has 0 amide bonds. The molecular formula is C10H9ClN4. The van der Waals surface area contributed by atoms with E-state index in [1.807, 2.05) is 30.3 Å². The molecule has 0 aliphatic heterocycles. The molecule has 0 saturated heterocycles. The van der Waals surface area contributed by atoms with Crippen LogP contribution in [0.1, 0.15) is 0 Å². The van der Waals surface area contributed by atoms with Crippen LogP contribution < -0.4 is 11.5 Å². The average Bonchev–Trinajstić information content (AvgIpc) is 2.26. The van der Waals surface area contributed by atoms with Crippen LogP contribution in [0.3, 0.4) is 0 Å². The van der Waals surface area contributed by atoms with Gasteiger partial charge in [0.25, 0.3) is 0 Å². The molecule has 76 valence electrons. The molecule has 1 aromatic heterocycles. The molecule has 0 atom stereocenters. The van der Waals surface area contributed by atoms with Crippen LogP contribution >= 0.6 is 11.6 Å². The SMILES string of the molecule is Nc1nc(-c2ccccc2)nc(Cl)c1N. The summed E-state index contributed by atoms with van der Waals surface area (Å²) in [4.78, 5) is 8.11. The minimum atomic E-state index is 0.182. The van der Waals surface area contributed by atoms with Gasteiger partial charge in [-0.3, -0.25) is 0 Å². The predicted octanol–water partition coefficient (Wildman–Crippen LogP) is 1.96. The summed E-state index contributed by atoms with van der Waals surface area (Å²) < 4.78 is 0. The number of nitrogens with two attached hydrogens (primary N) is 2. The van der Waals surface area contributed by atoms with E-state index in [0.29, 0.717) is 5.82 Å². The van der Waals surface area contributed by atoms with E-state index in [0.717, 1.165) is 5.56 Å².